The van der Waals surface area contributed by atoms with Gasteiger partial charge in [0.15, 0.2) is 0 Å². The lowest BCUT2D eigenvalue weighted by atomic mass is 9.65. The molecule has 2 N–H and O–H groups in total. The highest BCUT2D eigenvalue weighted by molar-refractivity contribution is 5.76. The number of carbonyl (C=O) groups excluding carboxylic acids is 1. The molecule has 0 aromatic rings. The summed E-state index contributed by atoms with van der Waals surface area (Å²) >= 11 is 0. The van der Waals surface area contributed by atoms with Gasteiger partial charge in [0.25, 0.3) is 0 Å². The van der Waals surface area contributed by atoms with Crippen molar-refractivity contribution in [2.75, 3.05) is 0 Å². The van der Waals surface area contributed by atoms with E-state index in [4.69, 9.17) is 4.74 Å². The molecular formula is C25H42O4. The van der Waals surface area contributed by atoms with Gasteiger partial charge in [-0.15, -0.1) is 0 Å². The summed E-state index contributed by atoms with van der Waals surface area (Å²) in [6.07, 6.45) is 10.00. The van der Waals surface area contributed by atoms with E-state index in [9.17, 15) is 15.0 Å². The van der Waals surface area contributed by atoms with Crippen molar-refractivity contribution in [1.82, 2.24) is 0 Å². The molecule has 0 aromatic carbocycles. The van der Waals surface area contributed by atoms with Crippen molar-refractivity contribution in [3.05, 3.63) is 23.8 Å². The van der Waals surface area contributed by atoms with Gasteiger partial charge < -0.3 is 14.9 Å². The summed E-state index contributed by atoms with van der Waals surface area (Å²) < 4.78 is 6.14. The van der Waals surface area contributed by atoms with E-state index >= 15 is 0 Å². The van der Waals surface area contributed by atoms with Crippen LogP contribution in [0.25, 0.3) is 0 Å². The van der Waals surface area contributed by atoms with Crippen molar-refractivity contribution < 1.29 is 19.7 Å². The van der Waals surface area contributed by atoms with Gasteiger partial charge in [0, 0.05) is 5.92 Å². The zero-order valence-electron chi connectivity index (χ0n) is 19.2. The molecule has 0 bridgehead atoms. The molecule has 0 fully saturated rings. The number of allylic oxidation sites excluding steroid dienone is 3. The number of ether oxygens (including phenoxy) is 1. The topological polar surface area (TPSA) is 66.8 Å². The minimum Gasteiger partial charge on any atom is -0.461 e. The molecule has 0 aliphatic heterocycles. The Labute approximate surface area is 177 Å². The largest absolute Gasteiger partial charge is 0.461 e. The van der Waals surface area contributed by atoms with E-state index < -0.39 is 17.6 Å². The molecule has 7 atom stereocenters. The van der Waals surface area contributed by atoms with Crippen molar-refractivity contribution in [3.8, 4) is 0 Å². The highest BCUT2D eigenvalue weighted by Crippen LogP contribution is 2.45. The van der Waals surface area contributed by atoms with Crippen LogP contribution in [0.2, 0.25) is 0 Å². The van der Waals surface area contributed by atoms with Crippen LogP contribution in [-0.2, 0) is 9.53 Å². The van der Waals surface area contributed by atoms with Crippen LogP contribution < -0.4 is 0 Å². The van der Waals surface area contributed by atoms with E-state index in [1.54, 1.807) is 0 Å². The number of rotatable bonds is 9. The smallest absolute Gasteiger partial charge is 0.311 e. The highest BCUT2D eigenvalue weighted by Gasteiger charge is 2.42. The standard InChI is InChI=1S/C25H42O4/c1-7-19(26)15-20(27)11-12-21-17(4)9-10-18-13-16(3)14-22(23(18)21)29-24(28)25(5,6)8-2/h9-10,13,16-17,19-23,26-27H,7-8,11-12,14-15H2,1-6H3/t16-,17-,19-,20?,21-,22-,23?/m0/s1. The summed E-state index contributed by atoms with van der Waals surface area (Å²) in [5.74, 6) is 1.16. The van der Waals surface area contributed by atoms with E-state index in [2.05, 4.69) is 32.1 Å². The molecule has 0 spiro atoms. The van der Waals surface area contributed by atoms with Gasteiger partial charge in [-0.3, -0.25) is 4.79 Å². The molecule has 2 unspecified atom stereocenters. The van der Waals surface area contributed by atoms with Crippen molar-refractivity contribution in [2.24, 2.45) is 29.1 Å². The molecule has 4 heteroatoms. The maximum atomic E-state index is 12.8. The number of aliphatic hydroxyl groups excluding tert-OH is 2. The van der Waals surface area contributed by atoms with Gasteiger partial charge in [-0.2, -0.15) is 0 Å². The van der Waals surface area contributed by atoms with Crippen LogP contribution in [0.4, 0.5) is 0 Å². The molecule has 0 radical (unpaired) electrons. The first-order valence-corrected chi connectivity index (χ1v) is 11.6. The van der Waals surface area contributed by atoms with E-state index in [-0.39, 0.29) is 18.0 Å². The monoisotopic (exact) mass is 406 g/mol. The molecule has 2 aliphatic carbocycles. The fourth-order valence-corrected chi connectivity index (χ4v) is 4.65. The van der Waals surface area contributed by atoms with Crippen LogP contribution in [0.1, 0.15) is 80.1 Å². The normalized spacial score (nSPS) is 31.6. The average molecular weight is 407 g/mol. The highest BCUT2D eigenvalue weighted by atomic mass is 16.5. The van der Waals surface area contributed by atoms with Gasteiger partial charge in [0.05, 0.1) is 17.6 Å². The summed E-state index contributed by atoms with van der Waals surface area (Å²) in [6.45, 7) is 12.3. The second kappa shape index (κ2) is 10.3. The molecule has 2 rings (SSSR count). The first kappa shape index (κ1) is 24.1. The van der Waals surface area contributed by atoms with Gasteiger partial charge >= 0.3 is 5.97 Å². The summed E-state index contributed by atoms with van der Waals surface area (Å²) in [7, 11) is 0. The lowest BCUT2D eigenvalue weighted by molar-refractivity contribution is -0.164. The van der Waals surface area contributed by atoms with Crippen LogP contribution in [0, 0.1) is 29.1 Å². The molecule has 0 heterocycles. The third-order valence-corrected chi connectivity index (χ3v) is 7.14. The van der Waals surface area contributed by atoms with Crippen LogP contribution in [0.15, 0.2) is 23.8 Å². The molecule has 2 aliphatic rings. The Hall–Kier alpha value is -1.13. The molecule has 0 saturated heterocycles. The number of aliphatic hydroxyl groups is 2. The maximum absolute atomic E-state index is 12.8. The van der Waals surface area contributed by atoms with Gasteiger partial charge in [-0.25, -0.2) is 0 Å². The predicted molar refractivity (Wildman–Crippen MR) is 117 cm³/mol. The summed E-state index contributed by atoms with van der Waals surface area (Å²) in [5, 5.41) is 20.2. The SMILES string of the molecule is CC[C@H](O)CC(O)CC[C@@H]1C2C(=C[C@H](C)C[C@@H]2OC(=O)C(C)(C)CC)C=C[C@@H]1C. The maximum Gasteiger partial charge on any atom is 0.311 e. The Kier molecular flexibility index (Phi) is 8.54. The van der Waals surface area contributed by atoms with Crippen molar-refractivity contribution in [1.29, 1.82) is 0 Å². The Morgan fingerprint density at radius 2 is 1.93 bits per heavy atom. The molecule has 4 nitrogen and oxygen atoms in total. The summed E-state index contributed by atoms with van der Waals surface area (Å²) in [6, 6.07) is 0. The fraction of sp³-hybridized carbons (Fsp3) is 0.800. The molecule has 29 heavy (non-hydrogen) atoms. The first-order valence-electron chi connectivity index (χ1n) is 11.6. The van der Waals surface area contributed by atoms with Crippen LogP contribution in [-0.4, -0.2) is 34.5 Å². The molecule has 166 valence electrons. The van der Waals surface area contributed by atoms with Crippen LogP contribution in [0.5, 0.6) is 0 Å². The predicted octanol–water partition coefficient (Wildman–Crippen LogP) is 5.04. The molecule has 0 amide bonds. The Morgan fingerprint density at radius 3 is 2.55 bits per heavy atom. The van der Waals surface area contributed by atoms with Gasteiger partial charge in [0.2, 0.25) is 0 Å². The summed E-state index contributed by atoms with van der Waals surface area (Å²) in [4.78, 5) is 12.8. The lowest BCUT2D eigenvalue weighted by Gasteiger charge is -2.44. The zero-order chi connectivity index (χ0) is 21.8. The zero-order valence-corrected chi connectivity index (χ0v) is 19.2. The average Bonchev–Trinajstić information content (AvgIpc) is 2.67. The Balaban J connectivity index is 2.17. The minimum absolute atomic E-state index is 0.106. The summed E-state index contributed by atoms with van der Waals surface area (Å²) in [5.41, 5.74) is 0.810. The number of hydrogen-bond acceptors (Lipinski definition) is 4. The van der Waals surface area contributed by atoms with Gasteiger partial charge in [-0.1, -0.05) is 45.9 Å². The number of hydrogen-bond donors (Lipinski definition) is 2. The van der Waals surface area contributed by atoms with Gasteiger partial charge in [0.1, 0.15) is 6.10 Å². The van der Waals surface area contributed by atoms with Crippen molar-refractivity contribution >= 4 is 5.97 Å². The second-order valence-electron chi connectivity index (χ2n) is 10.00. The number of carbonyl (C=O) groups is 1. The van der Waals surface area contributed by atoms with E-state index in [0.29, 0.717) is 37.0 Å². The van der Waals surface area contributed by atoms with E-state index in [1.807, 2.05) is 27.7 Å². The minimum atomic E-state index is -0.488. The van der Waals surface area contributed by atoms with Crippen molar-refractivity contribution in [3.63, 3.8) is 0 Å². The fourth-order valence-electron chi connectivity index (χ4n) is 4.65. The number of esters is 1. The van der Waals surface area contributed by atoms with E-state index in [1.165, 1.54) is 5.57 Å². The van der Waals surface area contributed by atoms with Crippen LogP contribution in [0.3, 0.4) is 0 Å². The third kappa shape index (κ3) is 6.18. The second-order valence-corrected chi connectivity index (χ2v) is 10.00. The van der Waals surface area contributed by atoms with Crippen LogP contribution >= 0.6 is 0 Å². The van der Waals surface area contributed by atoms with Crippen molar-refractivity contribution in [2.45, 2.75) is 98.4 Å². The third-order valence-electron chi connectivity index (χ3n) is 7.14. The Bertz CT molecular complexity index is 606. The number of fused-ring (bicyclic) bond motifs is 1. The molecule has 0 saturated carbocycles. The molecular weight excluding hydrogens is 364 g/mol. The lowest BCUT2D eigenvalue weighted by Crippen LogP contribution is -2.43. The quantitative estimate of drug-likeness (QED) is 0.526. The first-order chi connectivity index (χ1) is 13.6. The Morgan fingerprint density at radius 1 is 1.24 bits per heavy atom. The van der Waals surface area contributed by atoms with Gasteiger partial charge in [-0.05, 0) is 75.7 Å². The molecule has 0 aromatic heterocycles. The van der Waals surface area contributed by atoms with E-state index in [0.717, 1.165) is 19.3 Å².